The highest BCUT2D eigenvalue weighted by molar-refractivity contribution is 5.97. The van der Waals surface area contributed by atoms with E-state index >= 15 is 0 Å². The number of esters is 1. The maximum atomic E-state index is 12.8. The zero-order valence-electron chi connectivity index (χ0n) is 17.7. The molecule has 1 amide bonds. The average Bonchev–Trinajstić information content (AvgIpc) is 3.41. The number of non-ortho nitro benzene ring substituents is 1. The van der Waals surface area contributed by atoms with Gasteiger partial charge in [0.25, 0.3) is 11.6 Å². The molecule has 1 aliphatic heterocycles. The third-order valence-electron chi connectivity index (χ3n) is 6.92. The predicted molar refractivity (Wildman–Crippen MR) is 113 cm³/mol. The van der Waals surface area contributed by atoms with Crippen molar-refractivity contribution < 1.29 is 24.0 Å². The van der Waals surface area contributed by atoms with Gasteiger partial charge in [-0.1, -0.05) is 6.42 Å². The van der Waals surface area contributed by atoms with E-state index in [0.29, 0.717) is 43.8 Å². The molecular formula is C22H29N3O6. The number of hydrogen-bond acceptors (Lipinski definition) is 7. The molecule has 1 N–H and O–H groups in total. The molecule has 31 heavy (non-hydrogen) atoms. The van der Waals surface area contributed by atoms with E-state index in [4.69, 9.17) is 9.47 Å². The Morgan fingerprint density at radius 2 is 2.06 bits per heavy atom. The summed E-state index contributed by atoms with van der Waals surface area (Å²) in [4.78, 5) is 37.7. The maximum Gasteiger partial charge on any atom is 0.341 e. The number of anilines is 1. The average molecular weight is 431 g/mol. The summed E-state index contributed by atoms with van der Waals surface area (Å²) in [5, 5.41) is 14.2. The van der Waals surface area contributed by atoms with Crippen molar-refractivity contribution in [3.63, 3.8) is 0 Å². The standard InChI is InChI=1S/C22H29N3O6/c1-14(18-11-15-2-3-16(18)10-15)23-21(26)13-31-22(27)19-12-17(25(28)29)4-5-20(19)24-6-8-30-9-7-24/h4-5,12,14-16,18H,2-3,6-11,13H2,1H3,(H,23,26)/t14-,15-,16-,18-/m0/s1. The second kappa shape index (κ2) is 9.21. The lowest BCUT2D eigenvalue weighted by Gasteiger charge is -2.30. The second-order valence-corrected chi connectivity index (χ2v) is 8.83. The molecular weight excluding hydrogens is 402 g/mol. The van der Waals surface area contributed by atoms with Gasteiger partial charge in [0, 0.05) is 31.3 Å². The van der Waals surface area contributed by atoms with Crippen LogP contribution in [0.25, 0.3) is 0 Å². The fourth-order valence-electron chi connectivity index (χ4n) is 5.40. The molecule has 0 aromatic heterocycles. The Balaban J connectivity index is 1.38. The lowest BCUT2D eigenvalue weighted by atomic mass is 9.84. The fourth-order valence-corrected chi connectivity index (χ4v) is 5.40. The van der Waals surface area contributed by atoms with Gasteiger partial charge in [-0.2, -0.15) is 0 Å². The molecule has 2 bridgehead atoms. The number of carbonyl (C=O) groups excluding carboxylic acids is 2. The zero-order chi connectivity index (χ0) is 22.0. The number of nitro groups is 1. The van der Waals surface area contributed by atoms with Crippen LogP contribution in [-0.2, 0) is 14.3 Å². The van der Waals surface area contributed by atoms with Crippen LogP contribution in [0, 0.1) is 27.9 Å². The summed E-state index contributed by atoms with van der Waals surface area (Å²) < 4.78 is 10.6. The van der Waals surface area contributed by atoms with Crippen LogP contribution in [0.3, 0.4) is 0 Å². The van der Waals surface area contributed by atoms with Crippen LogP contribution < -0.4 is 10.2 Å². The highest BCUT2D eigenvalue weighted by Gasteiger charge is 2.42. The Labute approximate surface area is 181 Å². The van der Waals surface area contributed by atoms with Crippen LogP contribution in [0.4, 0.5) is 11.4 Å². The van der Waals surface area contributed by atoms with Crippen molar-refractivity contribution in [1.29, 1.82) is 0 Å². The number of amides is 1. The fraction of sp³-hybridized carbons (Fsp3) is 0.636. The van der Waals surface area contributed by atoms with Crippen LogP contribution in [-0.4, -0.2) is 55.8 Å². The van der Waals surface area contributed by atoms with Crippen LogP contribution >= 0.6 is 0 Å². The number of hydrogen-bond donors (Lipinski definition) is 1. The molecule has 9 nitrogen and oxygen atoms in total. The number of ether oxygens (including phenoxy) is 2. The van der Waals surface area contributed by atoms with Crippen molar-refractivity contribution in [2.75, 3.05) is 37.8 Å². The third-order valence-corrected chi connectivity index (χ3v) is 6.92. The van der Waals surface area contributed by atoms with E-state index in [1.807, 2.05) is 11.8 Å². The van der Waals surface area contributed by atoms with Crippen molar-refractivity contribution in [3.05, 3.63) is 33.9 Å². The zero-order valence-corrected chi connectivity index (χ0v) is 17.7. The largest absolute Gasteiger partial charge is 0.452 e. The molecule has 3 aliphatic rings. The molecule has 0 spiro atoms. The smallest absolute Gasteiger partial charge is 0.341 e. The molecule has 168 valence electrons. The van der Waals surface area contributed by atoms with Crippen LogP contribution in [0.15, 0.2) is 18.2 Å². The maximum absolute atomic E-state index is 12.8. The highest BCUT2D eigenvalue weighted by Crippen LogP contribution is 2.49. The van der Waals surface area contributed by atoms with Crippen LogP contribution in [0.1, 0.15) is 43.0 Å². The van der Waals surface area contributed by atoms with E-state index in [1.165, 1.54) is 31.4 Å². The van der Waals surface area contributed by atoms with Crippen LogP contribution in [0.2, 0.25) is 0 Å². The lowest BCUT2D eigenvalue weighted by molar-refractivity contribution is -0.384. The molecule has 4 rings (SSSR count). The predicted octanol–water partition coefficient (Wildman–Crippen LogP) is 2.53. The molecule has 2 saturated carbocycles. The molecule has 0 unspecified atom stereocenters. The van der Waals surface area contributed by atoms with Crippen molar-refractivity contribution >= 4 is 23.3 Å². The molecule has 1 saturated heterocycles. The van der Waals surface area contributed by atoms with Crippen molar-refractivity contribution in [1.82, 2.24) is 5.32 Å². The molecule has 4 atom stereocenters. The molecule has 0 radical (unpaired) electrons. The first kappa shape index (κ1) is 21.5. The van der Waals surface area contributed by atoms with Gasteiger partial charge in [-0.15, -0.1) is 0 Å². The number of nitro benzene ring substituents is 1. The number of carbonyl (C=O) groups is 2. The highest BCUT2D eigenvalue weighted by atomic mass is 16.6. The second-order valence-electron chi connectivity index (χ2n) is 8.83. The Bertz CT molecular complexity index is 854. The summed E-state index contributed by atoms with van der Waals surface area (Å²) in [6, 6.07) is 4.18. The minimum atomic E-state index is -0.743. The SMILES string of the molecule is C[C@H](NC(=O)COC(=O)c1cc([N+](=O)[O-])ccc1N1CCOCC1)[C@@H]1C[C@H]2CC[C@H]1C2. The van der Waals surface area contributed by atoms with Crippen molar-refractivity contribution in [2.24, 2.45) is 17.8 Å². The number of benzene rings is 1. The Hall–Kier alpha value is -2.68. The quantitative estimate of drug-likeness (QED) is 0.401. The first-order valence-corrected chi connectivity index (χ1v) is 11.0. The number of nitrogens with one attached hydrogen (secondary N) is 1. The van der Waals surface area contributed by atoms with Gasteiger partial charge >= 0.3 is 5.97 Å². The summed E-state index contributed by atoms with van der Waals surface area (Å²) in [7, 11) is 0. The lowest BCUT2D eigenvalue weighted by Crippen LogP contribution is -2.42. The summed E-state index contributed by atoms with van der Waals surface area (Å²) in [5.74, 6) is 0.876. The van der Waals surface area contributed by atoms with Gasteiger partial charge in [-0.05, 0) is 50.0 Å². The van der Waals surface area contributed by atoms with Gasteiger partial charge in [-0.3, -0.25) is 14.9 Å². The van der Waals surface area contributed by atoms with E-state index in [-0.39, 0.29) is 23.2 Å². The van der Waals surface area contributed by atoms with E-state index in [2.05, 4.69) is 5.32 Å². The number of nitrogens with zero attached hydrogens (tertiary/aromatic N) is 2. The van der Waals surface area contributed by atoms with E-state index in [0.717, 1.165) is 12.3 Å². The van der Waals surface area contributed by atoms with E-state index < -0.39 is 17.5 Å². The minimum absolute atomic E-state index is 0.0447. The first-order chi connectivity index (χ1) is 14.9. The van der Waals surface area contributed by atoms with Crippen molar-refractivity contribution in [3.8, 4) is 0 Å². The number of rotatable bonds is 7. The molecule has 1 heterocycles. The minimum Gasteiger partial charge on any atom is -0.452 e. The molecule has 3 fully saturated rings. The summed E-state index contributed by atoms with van der Waals surface area (Å²) in [6.45, 7) is 3.76. The summed E-state index contributed by atoms with van der Waals surface area (Å²) in [6.07, 6.45) is 4.95. The van der Waals surface area contributed by atoms with Gasteiger partial charge in [0.05, 0.1) is 29.4 Å². The molecule has 1 aromatic carbocycles. The number of fused-ring (bicyclic) bond motifs is 2. The van der Waals surface area contributed by atoms with Gasteiger partial charge in [0.15, 0.2) is 6.61 Å². The monoisotopic (exact) mass is 431 g/mol. The van der Waals surface area contributed by atoms with Gasteiger partial charge in [0.1, 0.15) is 0 Å². The molecule has 9 heteroatoms. The first-order valence-electron chi connectivity index (χ1n) is 11.0. The normalized spacial score (nSPS) is 25.8. The Morgan fingerprint density at radius 1 is 1.29 bits per heavy atom. The van der Waals surface area contributed by atoms with Crippen molar-refractivity contribution in [2.45, 2.75) is 38.6 Å². The van der Waals surface area contributed by atoms with Gasteiger partial charge in [-0.25, -0.2) is 4.79 Å². The summed E-state index contributed by atoms with van der Waals surface area (Å²) >= 11 is 0. The molecule has 1 aromatic rings. The topological polar surface area (TPSA) is 111 Å². The summed E-state index contributed by atoms with van der Waals surface area (Å²) in [5.41, 5.74) is 0.443. The number of morpholine rings is 1. The van der Waals surface area contributed by atoms with Gasteiger partial charge in [0.2, 0.25) is 0 Å². The van der Waals surface area contributed by atoms with Gasteiger partial charge < -0.3 is 19.7 Å². The molecule has 2 aliphatic carbocycles. The Morgan fingerprint density at radius 3 is 2.71 bits per heavy atom. The Kier molecular flexibility index (Phi) is 6.41. The van der Waals surface area contributed by atoms with E-state index in [1.54, 1.807) is 6.07 Å². The third kappa shape index (κ3) is 4.81. The van der Waals surface area contributed by atoms with E-state index in [9.17, 15) is 19.7 Å². The van der Waals surface area contributed by atoms with Crippen LogP contribution in [0.5, 0.6) is 0 Å².